The second-order valence-electron chi connectivity index (χ2n) is 11.4. The van der Waals surface area contributed by atoms with Gasteiger partial charge in [-0.3, -0.25) is 14.4 Å². The van der Waals surface area contributed by atoms with Crippen LogP contribution < -0.4 is 15.4 Å². The Balaban J connectivity index is 1.29. The summed E-state index contributed by atoms with van der Waals surface area (Å²) in [5.74, 6) is -1.22. The SMILES string of the molecule is COc1cccc(NC(=O)[C@H]2[C@H]3C=C[C@@]4(O3)[C@H]2C(=O)N(C[C@@H]2CCCO2)[C@@H]4C(=O)N[C@H]2CCCC[C@H]2C)c1. The number of anilines is 1. The number of rotatable bonds is 7. The van der Waals surface area contributed by atoms with Crippen LogP contribution in [0.4, 0.5) is 5.69 Å². The van der Waals surface area contributed by atoms with Crippen LogP contribution >= 0.6 is 0 Å². The van der Waals surface area contributed by atoms with E-state index in [0.717, 1.165) is 32.1 Å². The highest BCUT2D eigenvalue weighted by Gasteiger charge is 2.73. The summed E-state index contributed by atoms with van der Waals surface area (Å²) < 4.78 is 17.6. The minimum Gasteiger partial charge on any atom is -0.497 e. The minimum absolute atomic E-state index is 0.0705. The standard InChI is InChI=1S/C29H37N3O6/c1-17-7-3-4-11-21(17)31-27(34)25-29-13-12-22(38-29)23(26(33)30-18-8-5-9-19(15-18)36-2)24(29)28(35)32(25)16-20-10-6-14-37-20/h5,8-9,12-13,15,17,20-25H,3-4,6-7,10-11,14,16H2,1-2H3,(H,30,33)(H,31,34)/t17-,20+,21+,22-,23+,24-,25-,29-/m1/s1. The number of hydrogen-bond donors (Lipinski definition) is 2. The second kappa shape index (κ2) is 10.0. The third-order valence-electron chi connectivity index (χ3n) is 9.13. The quantitative estimate of drug-likeness (QED) is 0.533. The first-order chi connectivity index (χ1) is 18.4. The monoisotopic (exact) mass is 523 g/mol. The first-order valence-corrected chi connectivity index (χ1v) is 14.0. The third kappa shape index (κ3) is 4.20. The highest BCUT2D eigenvalue weighted by molar-refractivity contribution is 6.02. The van der Waals surface area contributed by atoms with Crippen molar-refractivity contribution in [2.24, 2.45) is 17.8 Å². The van der Waals surface area contributed by atoms with Crippen molar-refractivity contribution in [3.63, 3.8) is 0 Å². The van der Waals surface area contributed by atoms with E-state index in [2.05, 4.69) is 17.6 Å². The summed E-state index contributed by atoms with van der Waals surface area (Å²) in [4.78, 5) is 43.3. The Morgan fingerprint density at radius 1 is 1.16 bits per heavy atom. The second-order valence-corrected chi connectivity index (χ2v) is 11.4. The highest BCUT2D eigenvalue weighted by Crippen LogP contribution is 2.55. The fraction of sp³-hybridized carbons (Fsp3) is 0.621. The normalized spacial score (nSPS) is 37.4. The Kier molecular flexibility index (Phi) is 6.68. The molecule has 8 atom stereocenters. The van der Waals surface area contributed by atoms with Crippen LogP contribution in [0.25, 0.3) is 0 Å². The van der Waals surface area contributed by atoms with Crippen LogP contribution in [0, 0.1) is 17.8 Å². The number of fused-ring (bicyclic) bond motifs is 1. The Labute approximate surface area is 223 Å². The molecule has 2 N–H and O–H groups in total. The van der Waals surface area contributed by atoms with E-state index in [4.69, 9.17) is 14.2 Å². The zero-order valence-electron chi connectivity index (χ0n) is 22.1. The van der Waals surface area contributed by atoms with Gasteiger partial charge in [0, 0.05) is 30.9 Å². The first-order valence-electron chi connectivity index (χ1n) is 14.0. The molecule has 1 aliphatic carbocycles. The minimum atomic E-state index is -1.17. The van der Waals surface area contributed by atoms with Crippen LogP contribution in [0.5, 0.6) is 5.75 Å². The fourth-order valence-electron chi connectivity index (χ4n) is 7.19. The lowest BCUT2D eigenvalue weighted by molar-refractivity contribution is -0.143. The van der Waals surface area contributed by atoms with Crippen LogP contribution in [-0.2, 0) is 23.9 Å². The molecule has 3 amide bonds. The predicted molar refractivity (Wildman–Crippen MR) is 139 cm³/mol. The molecule has 5 aliphatic rings. The van der Waals surface area contributed by atoms with E-state index in [9.17, 15) is 14.4 Å². The molecule has 204 valence electrons. The molecule has 3 saturated heterocycles. The van der Waals surface area contributed by atoms with Crippen molar-refractivity contribution in [1.82, 2.24) is 10.2 Å². The molecule has 1 spiro atoms. The van der Waals surface area contributed by atoms with Gasteiger partial charge in [-0.2, -0.15) is 0 Å². The number of carbonyl (C=O) groups excluding carboxylic acids is 3. The van der Waals surface area contributed by atoms with Crippen molar-refractivity contribution in [2.45, 2.75) is 75.3 Å². The Bertz CT molecular complexity index is 1130. The summed E-state index contributed by atoms with van der Waals surface area (Å²) in [6, 6.07) is 6.34. The van der Waals surface area contributed by atoms with Gasteiger partial charge in [-0.15, -0.1) is 0 Å². The number of nitrogens with zero attached hydrogens (tertiary/aromatic N) is 1. The molecule has 1 aromatic carbocycles. The lowest BCUT2D eigenvalue weighted by Crippen LogP contribution is -2.58. The molecule has 1 saturated carbocycles. The largest absolute Gasteiger partial charge is 0.497 e. The smallest absolute Gasteiger partial charge is 0.246 e. The predicted octanol–water partition coefficient (Wildman–Crippen LogP) is 2.66. The van der Waals surface area contributed by atoms with Gasteiger partial charge in [-0.1, -0.05) is 38.0 Å². The summed E-state index contributed by atoms with van der Waals surface area (Å²) >= 11 is 0. The molecule has 0 unspecified atom stereocenters. The third-order valence-corrected chi connectivity index (χ3v) is 9.13. The maximum Gasteiger partial charge on any atom is 0.246 e. The van der Waals surface area contributed by atoms with Gasteiger partial charge in [-0.05, 0) is 43.7 Å². The zero-order chi connectivity index (χ0) is 26.4. The van der Waals surface area contributed by atoms with Gasteiger partial charge < -0.3 is 29.7 Å². The van der Waals surface area contributed by atoms with Gasteiger partial charge >= 0.3 is 0 Å². The summed E-state index contributed by atoms with van der Waals surface area (Å²) in [5.41, 5.74) is -0.587. The van der Waals surface area contributed by atoms with Gasteiger partial charge in [-0.25, -0.2) is 0 Å². The topological polar surface area (TPSA) is 106 Å². The van der Waals surface area contributed by atoms with Crippen LogP contribution in [0.1, 0.15) is 45.4 Å². The number of nitrogens with one attached hydrogen (secondary N) is 2. The molecule has 9 heteroatoms. The summed E-state index contributed by atoms with van der Waals surface area (Å²) in [6.45, 7) is 3.15. The van der Waals surface area contributed by atoms with Crippen molar-refractivity contribution in [1.29, 1.82) is 0 Å². The highest BCUT2D eigenvalue weighted by atomic mass is 16.5. The fourth-order valence-corrected chi connectivity index (χ4v) is 7.19. The lowest BCUT2D eigenvalue weighted by atomic mass is 9.74. The van der Waals surface area contributed by atoms with Gasteiger partial charge in [0.05, 0.1) is 31.2 Å². The Hall–Kier alpha value is -2.91. The molecule has 0 aromatic heterocycles. The molecule has 9 nitrogen and oxygen atoms in total. The van der Waals surface area contributed by atoms with Crippen molar-refractivity contribution in [2.75, 3.05) is 25.6 Å². The molecular weight excluding hydrogens is 486 g/mol. The van der Waals surface area contributed by atoms with Crippen molar-refractivity contribution < 1.29 is 28.6 Å². The van der Waals surface area contributed by atoms with Gasteiger partial charge in [0.2, 0.25) is 17.7 Å². The average Bonchev–Trinajstić information content (AvgIpc) is 3.69. The van der Waals surface area contributed by atoms with Gasteiger partial charge in [0.1, 0.15) is 17.4 Å². The van der Waals surface area contributed by atoms with Crippen molar-refractivity contribution in [3.05, 3.63) is 36.4 Å². The van der Waals surface area contributed by atoms with Gasteiger partial charge in [0.25, 0.3) is 0 Å². The number of methoxy groups -OCH3 is 1. The van der Waals surface area contributed by atoms with E-state index in [1.54, 1.807) is 36.3 Å². The summed E-state index contributed by atoms with van der Waals surface area (Å²) in [5, 5.41) is 6.22. The zero-order valence-corrected chi connectivity index (χ0v) is 22.1. The first kappa shape index (κ1) is 25.4. The molecule has 38 heavy (non-hydrogen) atoms. The molecule has 4 fully saturated rings. The maximum absolute atomic E-state index is 14.1. The van der Waals surface area contributed by atoms with E-state index in [0.29, 0.717) is 30.5 Å². The Morgan fingerprint density at radius 3 is 2.76 bits per heavy atom. The van der Waals surface area contributed by atoms with Gasteiger partial charge in [0.15, 0.2) is 0 Å². The number of hydrogen-bond acceptors (Lipinski definition) is 6. The van der Waals surface area contributed by atoms with Crippen molar-refractivity contribution in [3.8, 4) is 5.75 Å². The molecule has 6 rings (SSSR count). The molecule has 4 heterocycles. The number of carbonyl (C=O) groups is 3. The lowest BCUT2D eigenvalue weighted by Gasteiger charge is -2.36. The number of amides is 3. The number of likely N-dealkylation sites (tertiary alicyclic amines) is 1. The molecule has 2 bridgehead atoms. The van der Waals surface area contributed by atoms with E-state index in [-0.39, 0.29) is 29.9 Å². The van der Waals surface area contributed by atoms with Crippen LogP contribution in [0.15, 0.2) is 36.4 Å². The molecule has 0 radical (unpaired) electrons. The maximum atomic E-state index is 14.1. The molecular formula is C29H37N3O6. The number of ether oxygens (including phenoxy) is 3. The van der Waals surface area contributed by atoms with E-state index in [1.807, 2.05) is 12.2 Å². The van der Waals surface area contributed by atoms with E-state index < -0.39 is 29.6 Å². The van der Waals surface area contributed by atoms with E-state index in [1.165, 1.54) is 6.42 Å². The van der Waals surface area contributed by atoms with Crippen LogP contribution in [0.3, 0.4) is 0 Å². The van der Waals surface area contributed by atoms with Crippen molar-refractivity contribution >= 4 is 23.4 Å². The van der Waals surface area contributed by atoms with Crippen LogP contribution in [0.2, 0.25) is 0 Å². The molecule has 4 aliphatic heterocycles. The van der Waals surface area contributed by atoms with E-state index >= 15 is 0 Å². The number of benzene rings is 1. The summed E-state index contributed by atoms with van der Waals surface area (Å²) in [6.07, 6.45) is 9.05. The molecule has 1 aromatic rings. The Morgan fingerprint density at radius 2 is 2.00 bits per heavy atom. The summed E-state index contributed by atoms with van der Waals surface area (Å²) in [7, 11) is 1.57. The average molecular weight is 524 g/mol. The van der Waals surface area contributed by atoms with Crippen LogP contribution in [-0.4, -0.2) is 72.8 Å².